The van der Waals surface area contributed by atoms with Crippen LogP contribution in [0.4, 0.5) is 5.69 Å². The minimum atomic E-state index is -2.46. The van der Waals surface area contributed by atoms with Crippen molar-refractivity contribution in [1.82, 2.24) is 15.2 Å². The topological polar surface area (TPSA) is 94.2 Å². The Morgan fingerprint density at radius 1 is 1.32 bits per heavy atom. The fraction of sp³-hybridized carbons (Fsp3) is 0.263. The van der Waals surface area contributed by atoms with Crippen LogP contribution in [0.5, 0.6) is 11.6 Å². The lowest BCUT2D eigenvalue weighted by Crippen LogP contribution is -2.32. The molecule has 1 aromatic carbocycles. The van der Waals surface area contributed by atoms with Crippen molar-refractivity contribution in [3.8, 4) is 11.6 Å². The number of ether oxygens (including phenoxy) is 1. The number of pyridine rings is 1. The number of anilines is 1. The number of hydrogen-bond donors (Lipinski definition) is 1. The Labute approximate surface area is 173 Å². The normalized spacial score (nSPS) is 17.0. The van der Waals surface area contributed by atoms with Gasteiger partial charge in [0.1, 0.15) is 5.75 Å². The van der Waals surface area contributed by atoms with Crippen LogP contribution in [0.25, 0.3) is 0 Å². The van der Waals surface area contributed by atoms with Gasteiger partial charge in [-0.3, -0.25) is 13.6 Å². The van der Waals surface area contributed by atoms with Crippen LogP contribution >= 0.6 is 15.9 Å². The van der Waals surface area contributed by atoms with Gasteiger partial charge in [0.05, 0.1) is 28.6 Å². The third-order valence-corrected chi connectivity index (χ3v) is 6.10. The van der Waals surface area contributed by atoms with E-state index in [2.05, 4.69) is 31.1 Å². The second-order valence-electron chi connectivity index (χ2n) is 6.65. The quantitative estimate of drug-likeness (QED) is 0.569. The van der Waals surface area contributed by atoms with E-state index >= 15 is 0 Å². The number of nitrogens with one attached hydrogen (secondary N) is 1. The first-order chi connectivity index (χ1) is 13.5. The number of rotatable bonds is 5. The molecule has 0 fully saturated rings. The van der Waals surface area contributed by atoms with Crippen molar-refractivity contribution in [3.63, 3.8) is 0 Å². The van der Waals surface area contributed by atoms with Gasteiger partial charge in [0.25, 0.3) is 0 Å². The van der Waals surface area contributed by atoms with Crippen molar-refractivity contribution < 1.29 is 13.5 Å². The van der Waals surface area contributed by atoms with Crippen molar-refractivity contribution in [3.05, 3.63) is 64.0 Å². The molecule has 2 aromatic heterocycles. The molecule has 2 heterocycles. The molecule has 2 atom stereocenters. The number of aryl methyl sites for hydroxylation is 2. The fourth-order valence-corrected chi connectivity index (χ4v) is 4.50. The van der Waals surface area contributed by atoms with Gasteiger partial charge in [0.2, 0.25) is 5.88 Å². The van der Waals surface area contributed by atoms with E-state index in [1.54, 1.807) is 12.3 Å². The number of fused-ring (bicyclic) bond motifs is 1. The lowest BCUT2D eigenvalue weighted by atomic mass is 9.93. The van der Waals surface area contributed by atoms with Crippen LogP contribution in [0.15, 0.2) is 47.2 Å². The van der Waals surface area contributed by atoms with Gasteiger partial charge in [-0.2, -0.15) is 5.10 Å². The van der Waals surface area contributed by atoms with Crippen molar-refractivity contribution in [2.45, 2.75) is 32.2 Å². The second-order valence-corrected chi connectivity index (χ2v) is 8.33. The van der Waals surface area contributed by atoms with Crippen LogP contribution in [-0.4, -0.2) is 23.9 Å². The van der Waals surface area contributed by atoms with Crippen LogP contribution in [0, 0.1) is 6.92 Å². The molecule has 146 valence electrons. The number of aromatic nitrogens is 3. The molecule has 3 aromatic rings. The van der Waals surface area contributed by atoms with Crippen LogP contribution < -0.4 is 9.04 Å². The minimum Gasteiger partial charge on any atom is -0.755 e. The predicted octanol–water partition coefficient (Wildman–Crippen LogP) is 4.35. The molecule has 28 heavy (non-hydrogen) atoms. The van der Waals surface area contributed by atoms with Gasteiger partial charge in [0, 0.05) is 22.5 Å². The third kappa shape index (κ3) is 3.82. The number of benzene rings is 1. The average Bonchev–Trinajstić information content (AvgIpc) is 3.15. The molecule has 9 heteroatoms. The molecule has 1 aliphatic rings. The summed E-state index contributed by atoms with van der Waals surface area (Å²) in [5, 5.41) is 7.04. The number of nitrogens with zero attached hydrogens (tertiary/aromatic N) is 3. The summed E-state index contributed by atoms with van der Waals surface area (Å²) in [5.41, 5.74) is 3.49. The zero-order chi connectivity index (χ0) is 19.7. The van der Waals surface area contributed by atoms with Crippen LogP contribution in [0.1, 0.15) is 35.7 Å². The lowest BCUT2D eigenvalue weighted by molar-refractivity contribution is 0.459. The van der Waals surface area contributed by atoms with Crippen LogP contribution in [0.2, 0.25) is 0 Å². The molecule has 0 saturated heterocycles. The maximum absolute atomic E-state index is 12.1. The van der Waals surface area contributed by atoms with E-state index in [0.29, 0.717) is 21.8 Å². The number of hydrogen-bond acceptors (Lipinski definition) is 5. The summed E-state index contributed by atoms with van der Waals surface area (Å²) >= 11 is 0.992. The Kier molecular flexibility index (Phi) is 5.47. The Morgan fingerprint density at radius 2 is 2.11 bits per heavy atom. The number of halogens is 1. The van der Waals surface area contributed by atoms with Crippen molar-refractivity contribution >= 4 is 32.9 Å². The summed E-state index contributed by atoms with van der Waals surface area (Å²) in [5.74, 6) is 1.03. The molecule has 0 radical (unpaired) electrons. The molecular formula is C19H18BrN4O3S-. The Hall–Kier alpha value is -2.23. The smallest absolute Gasteiger partial charge is 0.233 e. The minimum absolute atomic E-state index is 0.307. The van der Waals surface area contributed by atoms with E-state index in [1.807, 2.05) is 31.2 Å². The van der Waals surface area contributed by atoms with E-state index in [1.165, 1.54) is 10.5 Å². The molecule has 4 rings (SSSR count). The summed E-state index contributed by atoms with van der Waals surface area (Å²) in [4.78, 5) is 4.33. The van der Waals surface area contributed by atoms with Gasteiger partial charge < -0.3 is 9.29 Å². The third-order valence-electron chi connectivity index (χ3n) is 4.74. The maximum atomic E-state index is 12.1. The molecule has 0 aliphatic heterocycles. The molecule has 0 amide bonds. The second kappa shape index (κ2) is 8.02. The van der Waals surface area contributed by atoms with Gasteiger partial charge in [-0.05, 0) is 60.3 Å². The number of aromatic amines is 1. The molecule has 1 N–H and O–H groups in total. The first-order valence-corrected chi connectivity index (χ1v) is 10.7. The van der Waals surface area contributed by atoms with Gasteiger partial charge in [0.15, 0.2) is 0 Å². The monoisotopic (exact) mass is 461 g/mol. The first kappa shape index (κ1) is 19.1. The Balaban J connectivity index is 1.63. The van der Waals surface area contributed by atoms with E-state index in [4.69, 9.17) is 4.74 Å². The lowest BCUT2D eigenvalue weighted by Gasteiger charge is -2.36. The van der Waals surface area contributed by atoms with Crippen molar-refractivity contribution in [1.29, 1.82) is 0 Å². The summed E-state index contributed by atoms with van der Waals surface area (Å²) in [6, 6.07) is 9.02. The van der Waals surface area contributed by atoms with E-state index < -0.39 is 11.3 Å². The fourth-order valence-electron chi connectivity index (χ4n) is 3.38. The highest BCUT2D eigenvalue weighted by molar-refractivity contribution is 9.10. The first-order valence-electron chi connectivity index (χ1n) is 8.84. The highest BCUT2D eigenvalue weighted by Gasteiger charge is 2.29. The van der Waals surface area contributed by atoms with Gasteiger partial charge in [-0.25, -0.2) is 4.98 Å². The van der Waals surface area contributed by atoms with Crippen molar-refractivity contribution in [2.24, 2.45) is 0 Å². The maximum Gasteiger partial charge on any atom is 0.233 e. The summed E-state index contributed by atoms with van der Waals surface area (Å²) < 4.78 is 31.9. The SMILES string of the molecule is Cc1ccc(Oc2ncc(N(C3CCCc4[nH]ncc43)S(=O)[O-])cc2Br)cc1. The summed E-state index contributed by atoms with van der Waals surface area (Å²) in [6.45, 7) is 2.00. The standard InChI is InChI=1S/C19H19BrN4O3S/c1-12-5-7-14(8-6-12)27-19-16(20)9-13(10-21-19)24(28(25)26)18-4-2-3-17-15(18)11-22-23-17/h5-11,18H,2-4H2,1H3,(H,22,23)(H,25,26)/p-1. The zero-order valence-electron chi connectivity index (χ0n) is 15.1. The Morgan fingerprint density at radius 3 is 2.82 bits per heavy atom. The summed E-state index contributed by atoms with van der Waals surface area (Å²) in [7, 11) is 0. The largest absolute Gasteiger partial charge is 0.755 e. The van der Waals surface area contributed by atoms with E-state index in [-0.39, 0.29) is 6.04 Å². The van der Waals surface area contributed by atoms with Crippen LogP contribution in [-0.2, 0) is 17.7 Å². The molecule has 7 nitrogen and oxygen atoms in total. The molecule has 2 unspecified atom stereocenters. The Bertz CT molecular complexity index is 1010. The molecule has 0 spiro atoms. The molecular weight excluding hydrogens is 444 g/mol. The van der Waals surface area contributed by atoms with Crippen molar-refractivity contribution in [2.75, 3.05) is 4.31 Å². The highest BCUT2D eigenvalue weighted by atomic mass is 79.9. The molecule has 0 bridgehead atoms. The van der Waals surface area contributed by atoms with Gasteiger partial charge >= 0.3 is 0 Å². The highest BCUT2D eigenvalue weighted by Crippen LogP contribution is 2.39. The van der Waals surface area contributed by atoms with Crippen LogP contribution in [0.3, 0.4) is 0 Å². The zero-order valence-corrected chi connectivity index (χ0v) is 17.5. The summed E-state index contributed by atoms with van der Waals surface area (Å²) in [6.07, 6.45) is 5.70. The van der Waals surface area contributed by atoms with E-state index in [0.717, 1.165) is 36.1 Å². The molecule has 1 aliphatic carbocycles. The average molecular weight is 462 g/mol. The predicted molar refractivity (Wildman–Crippen MR) is 109 cm³/mol. The van der Waals surface area contributed by atoms with Gasteiger partial charge in [-0.1, -0.05) is 17.7 Å². The molecule has 0 saturated carbocycles. The van der Waals surface area contributed by atoms with E-state index in [9.17, 15) is 8.76 Å². The van der Waals surface area contributed by atoms with Gasteiger partial charge in [-0.15, -0.1) is 0 Å². The number of H-pyrrole nitrogens is 1.